The van der Waals surface area contributed by atoms with Crippen molar-refractivity contribution in [1.82, 2.24) is 14.5 Å². The molecule has 2 aromatic heterocycles. The van der Waals surface area contributed by atoms with Gasteiger partial charge in [0, 0.05) is 33.7 Å². The summed E-state index contributed by atoms with van der Waals surface area (Å²) in [6.07, 6.45) is 1.74. The topological polar surface area (TPSA) is 67.8 Å². The highest BCUT2D eigenvalue weighted by atomic mass is 79.9. The number of H-pyrrole nitrogens is 1. The van der Waals surface area contributed by atoms with Crippen molar-refractivity contribution in [3.63, 3.8) is 0 Å². The molecule has 0 atom stereocenters. The Morgan fingerprint density at radius 1 is 1.22 bits per heavy atom. The van der Waals surface area contributed by atoms with Crippen LogP contribution in [-0.2, 0) is 6.54 Å². The van der Waals surface area contributed by atoms with Gasteiger partial charge in [-0.05, 0) is 31.2 Å². The summed E-state index contributed by atoms with van der Waals surface area (Å²) >= 11 is 4.69. The van der Waals surface area contributed by atoms with E-state index in [1.807, 2.05) is 43.3 Å². The van der Waals surface area contributed by atoms with Crippen LogP contribution in [0.25, 0.3) is 21.8 Å². The van der Waals surface area contributed by atoms with Crippen LogP contribution in [0.3, 0.4) is 0 Å². The lowest BCUT2D eigenvalue weighted by Gasteiger charge is -2.11. The van der Waals surface area contributed by atoms with E-state index >= 15 is 0 Å². The first kappa shape index (κ1) is 18.0. The molecule has 0 spiro atoms. The van der Waals surface area contributed by atoms with Crippen molar-refractivity contribution in [2.24, 2.45) is 0 Å². The van der Waals surface area contributed by atoms with Crippen LogP contribution in [-0.4, -0.2) is 26.1 Å². The molecule has 1 N–H and O–H groups in total. The Hall–Kier alpha value is -2.38. The van der Waals surface area contributed by atoms with E-state index < -0.39 is 0 Å². The zero-order valence-electron chi connectivity index (χ0n) is 14.5. The minimum absolute atomic E-state index is 0.00487. The maximum Gasteiger partial charge on any atom is 0.262 e. The normalized spacial score (nSPS) is 11.3. The highest BCUT2D eigenvalue weighted by molar-refractivity contribution is 9.10. The number of hydrogen-bond donors (Lipinski definition) is 1. The molecule has 0 bridgehead atoms. The van der Waals surface area contributed by atoms with Crippen LogP contribution < -0.4 is 5.56 Å². The molecule has 2 aromatic carbocycles. The zero-order chi connectivity index (χ0) is 19.0. The number of ketones is 1. The van der Waals surface area contributed by atoms with Crippen molar-refractivity contribution in [2.45, 2.75) is 18.6 Å². The van der Waals surface area contributed by atoms with Crippen LogP contribution in [0.1, 0.15) is 17.3 Å². The Morgan fingerprint density at radius 3 is 2.85 bits per heavy atom. The van der Waals surface area contributed by atoms with Crippen LogP contribution in [0.2, 0.25) is 0 Å². The lowest BCUT2D eigenvalue weighted by Crippen LogP contribution is -2.23. The van der Waals surface area contributed by atoms with Gasteiger partial charge in [0.25, 0.3) is 5.56 Å². The summed E-state index contributed by atoms with van der Waals surface area (Å²) in [6.45, 7) is 2.40. The summed E-state index contributed by atoms with van der Waals surface area (Å²) in [5.41, 5.74) is 2.14. The molecule has 0 fully saturated rings. The molecule has 0 aliphatic carbocycles. The standard InChI is InChI=1S/C20H16BrN3O2S/c1-2-24-19(26)14-9-12(21)7-8-17(14)23-20(24)27-11-18(25)15-10-22-16-6-4-3-5-13(15)16/h3-10,22H,2,11H2,1H3. The molecule has 4 rings (SSSR count). The van der Waals surface area contributed by atoms with E-state index in [4.69, 9.17) is 0 Å². The third-order valence-corrected chi connectivity index (χ3v) is 5.89. The number of thioether (sulfide) groups is 1. The first-order chi connectivity index (χ1) is 13.1. The number of carbonyl (C=O) groups is 1. The number of hydrogen-bond acceptors (Lipinski definition) is 4. The Labute approximate surface area is 167 Å². The minimum Gasteiger partial charge on any atom is -0.360 e. The summed E-state index contributed by atoms with van der Waals surface area (Å²) in [5, 5.41) is 2.04. The molecule has 0 aliphatic rings. The van der Waals surface area contributed by atoms with Gasteiger partial charge in [0.15, 0.2) is 10.9 Å². The SMILES string of the molecule is CCn1c(SCC(=O)c2c[nH]c3ccccc23)nc2ccc(Br)cc2c1=O. The average molecular weight is 442 g/mol. The number of nitrogens with zero attached hydrogens (tertiary/aromatic N) is 2. The van der Waals surface area contributed by atoms with Gasteiger partial charge in [-0.1, -0.05) is 45.9 Å². The second kappa shape index (κ2) is 7.32. The van der Waals surface area contributed by atoms with Crippen LogP contribution in [0, 0.1) is 0 Å². The number of carbonyl (C=O) groups excluding carboxylic acids is 1. The molecular formula is C20H16BrN3O2S. The molecule has 27 heavy (non-hydrogen) atoms. The Morgan fingerprint density at radius 2 is 2.04 bits per heavy atom. The average Bonchev–Trinajstić information content (AvgIpc) is 3.11. The Kier molecular flexibility index (Phi) is 4.88. The molecule has 2 heterocycles. The fourth-order valence-corrected chi connectivity index (χ4v) is 4.38. The highest BCUT2D eigenvalue weighted by Gasteiger charge is 2.16. The van der Waals surface area contributed by atoms with Crippen molar-refractivity contribution >= 4 is 55.3 Å². The molecule has 136 valence electrons. The van der Waals surface area contributed by atoms with Crippen LogP contribution >= 0.6 is 27.7 Å². The fraction of sp³-hybridized carbons (Fsp3) is 0.150. The fourth-order valence-electron chi connectivity index (χ4n) is 3.07. The molecule has 7 heteroatoms. The summed E-state index contributed by atoms with van der Waals surface area (Å²) in [5.74, 6) is 0.223. The molecule has 0 unspecified atom stereocenters. The lowest BCUT2D eigenvalue weighted by atomic mass is 10.1. The van der Waals surface area contributed by atoms with Gasteiger partial charge in [-0.25, -0.2) is 4.98 Å². The van der Waals surface area contributed by atoms with Crippen molar-refractivity contribution < 1.29 is 4.79 Å². The van der Waals surface area contributed by atoms with E-state index in [0.29, 0.717) is 28.2 Å². The predicted octanol–water partition coefficient (Wildman–Crippen LogP) is 4.64. The van der Waals surface area contributed by atoms with Crippen molar-refractivity contribution in [3.05, 3.63) is 69.1 Å². The van der Waals surface area contributed by atoms with Gasteiger partial charge in [-0.15, -0.1) is 0 Å². The first-order valence-corrected chi connectivity index (χ1v) is 10.3. The van der Waals surface area contributed by atoms with E-state index in [1.165, 1.54) is 11.8 Å². The number of aromatic amines is 1. The quantitative estimate of drug-likeness (QED) is 0.278. The molecular weight excluding hydrogens is 426 g/mol. The minimum atomic E-state index is -0.0918. The number of Topliss-reactive ketones (excluding diaryl/α,β-unsaturated/α-hetero) is 1. The van der Waals surface area contributed by atoms with Gasteiger partial charge >= 0.3 is 0 Å². The van der Waals surface area contributed by atoms with E-state index in [9.17, 15) is 9.59 Å². The number of halogens is 1. The zero-order valence-corrected chi connectivity index (χ0v) is 16.9. The van der Waals surface area contributed by atoms with Crippen molar-refractivity contribution in [2.75, 3.05) is 5.75 Å². The van der Waals surface area contributed by atoms with Gasteiger partial charge < -0.3 is 4.98 Å². The molecule has 5 nitrogen and oxygen atoms in total. The molecule has 4 aromatic rings. The Balaban J connectivity index is 1.66. The highest BCUT2D eigenvalue weighted by Crippen LogP contribution is 2.24. The van der Waals surface area contributed by atoms with E-state index in [-0.39, 0.29) is 17.1 Å². The molecule has 0 saturated heterocycles. The second-order valence-electron chi connectivity index (χ2n) is 6.07. The van der Waals surface area contributed by atoms with Crippen LogP contribution in [0.5, 0.6) is 0 Å². The van der Waals surface area contributed by atoms with Gasteiger partial charge in [-0.3, -0.25) is 14.2 Å². The summed E-state index contributed by atoms with van der Waals surface area (Å²) < 4.78 is 2.45. The lowest BCUT2D eigenvalue weighted by molar-refractivity contribution is 0.102. The summed E-state index contributed by atoms with van der Waals surface area (Å²) in [6, 6.07) is 13.2. The number of nitrogens with one attached hydrogen (secondary N) is 1. The first-order valence-electron chi connectivity index (χ1n) is 8.50. The molecule has 0 aliphatic heterocycles. The van der Waals surface area contributed by atoms with Gasteiger partial charge in [0.2, 0.25) is 0 Å². The van der Waals surface area contributed by atoms with Gasteiger partial charge in [0.1, 0.15) is 0 Å². The van der Waals surface area contributed by atoms with Crippen molar-refractivity contribution in [3.8, 4) is 0 Å². The van der Waals surface area contributed by atoms with Gasteiger partial charge in [-0.2, -0.15) is 0 Å². The smallest absolute Gasteiger partial charge is 0.262 e. The van der Waals surface area contributed by atoms with Crippen molar-refractivity contribution in [1.29, 1.82) is 0 Å². The molecule has 0 saturated carbocycles. The Bertz CT molecular complexity index is 1230. The maximum absolute atomic E-state index is 12.8. The van der Waals surface area contributed by atoms with E-state index in [0.717, 1.165) is 15.4 Å². The number of benzene rings is 2. The van der Waals surface area contributed by atoms with Crippen LogP contribution in [0.15, 0.2) is 63.1 Å². The number of fused-ring (bicyclic) bond motifs is 2. The molecule has 0 amide bonds. The third kappa shape index (κ3) is 3.33. The molecule has 0 radical (unpaired) electrons. The maximum atomic E-state index is 12.8. The third-order valence-electron chi connectivity index (χ3n) is 4.42. The number of para-hydroxylation sites is 1. The van der Waals surface area contributed by atoms with E-state index in [2.05, 4.69) is 25.9 Å². The summed E-state index contributed by atoms with van der Waals surface area (Å²) in [4.78, 5) is 33.2. The summed E-state index contributed by atoms with van der Waals surface area (Å²) in [7, 11) is 0. The monoisotopic (exact) mass is 441 g/mol. The van der Waals surface area contributed by atoms with Gasteiger partial charge in [0.05, 0.1) is 16.7 Å². The van der Waals surface area contributed by atoms with E-state index in [1.54, 1.807) is 16.8 Å². The number of rotatable bonds is 5. The number of aromatic nitrogens is 3. The largest absolute Gasteiger partial charge is 0.360 e. The second-order valence-corrected chi connectivity index (χ2v) is 7.92. The predicted molar refractivity (Wildman–Crippen MR) is 113 cm³/mol. The van der Waals surface area contributed by atoms with Crippen LogP contribution in [0.4, 0.5) is 0 Å².